The lowest BCUT2D eigenvalue weighted by Crippen LogP contribution is -2.46. The third-order valence-corrected chi connectivity index (χ3v) is 5.44. The van der Waals surface area contributed by atoms with Gasteiger partial charge >= 0.3 is 0 Å². The van der Waals surface area contributed by atoms with E-state index >= 15 is 0 Å². The Balaban J connectivity index is 1.35. The Morgan fingerprint density at radius 1 is 0.966 bits per heavy atom. The van der Waals surface area contributed by atoms with Gasteiger partial charge < -0.3 is 19.3 Å². The van der Waals surface area contributed by atoms with Gasteiger partial charge in [-0.1, -0.05) is 19.9 Å². The van der Waals surface area contributed by atoms with E-state index in [1.54, 1.807) is 0 Å². The van der Waals surface area contributed by atoms with Crippen molar-refractivity contribution in [3.8, 4) is 11.5 Å². The number of nitrogens with zero attached hydrogens (tertiary/aromatic N) is 5. The minimum absolute atomic E-state index is 0.326. The summed E-state index contributed by atoms with van der Waals surface area (Å²) >= 11 is 0. The molecule has 2 aromatic rings. The maximum Gasteiger partial charge on any atom is 0.231 e. The summed E-state index contributed by atoms with van der Waals surface area (Å²) < 4.78 is 10.9. The maximum atomic E-state index is 5.50. The Labute approximate surface area is 173 Å². The zero-order valence-electron chi connectivity index (χ0n) is 17.5. The zero-order valence-corrected chi connectivity index (χ0v) is 17.5. The molecule has 1 aromatic carbocycles. The molecule has 0 bridgehead atoms. The van der Waals surface area contributed by atoms with E-state index in [9.17, 15) is 0 Å². The predicted octanol–water partition coefficient (Wildman–Crippen LogP) is 3.15. The lowest BCUT2D eigenvalue weighted by atomic mass is 10.1. The van der Waals surface area contributed by atoms with Crippen LogP contribution in [0.5, 0.6) is 11.5 Å². The number of hydrogen-bond donors (Lipinski definition) is 0. The highest BCUT2D eigenvalue weighted by Gasteiger charge is 2.20. The summed E-state index contributed by atoms with van der Waals surface area (Å²) in [7, 11) is 0. The molecule has 0 atom stereocenters. The van der Waals surface area contributed by atoms with Crippen LogP contribution in [0.2, 0.25) is 0 Å². The normalized spacial score (nSPS) is 16.3. The predicted molar refractivity (Wildman–Crippen MR) is 115 cm³/mol. The Morgan fingerprint density at radius 3 is 2.48 bits per heavy atom. The van der Waals surface area contributed by atoms with Gasteiger partial charge in [0.15, 0.2) is 11.5 Å². The fraction of sp³-hybridized carbons (Fsp3) is 0.545. The molecule has 7 heteroatoms. The quantitative estimate of drug-likeness (QED) is 0.678. The lowest BCUT2D eigenvalue weighted by molar-refractivity contribution is 0.174. The molecule has 156 valence electrons. The maximum absolute atomic E-state index is 5.50. The first-order chi connectivity index (χ1) is 14.3. The molecule has 7 nitrogen and oxygen atoms in total. The van der Waals surface area contributed by atoms with Crippen LogP contribution in [-0.2, 0) is 6.54 Å². The number of piperazine rings is 1. The van der Waals surface area contributed by atoms with Gasteiger partial charge in [0.25, 0.3) is 0 Å². The molecule has 0 amide bonds. The third kappa shape index (κ3) is 4.72. The fourth-order valence-corrected chi connectivity index (χ4v) is 3.95. The van der Waals surface area contributed by atoms with Crippen molar-refractivity contribution in [1.29, 1.82) is 0 Å². The standard InChI is InChI=1S/C22H31N5O2/c1-3-9-27(10-4-2)22-23-8-7-21(24-22)26-13-11-25(12-14-26)16-18-5-6-19-20(15-18)29-17-28-19/h5-8,15H,3-4,9-14,16-17H2,1-2H3. The molecule has 2 aliphatic rings. The molecular formula is C22H31N5O2. The van der Waals surface area contributed by atoms with E-state index < -0.39 is 0 Å². The van der Waals surface area contributed by atoms with E-state index in [0.29, 0.717) is 6.79 Å². The second kappa shape index (κ2) is 9.31. The summed E-state index contributed by atoms with van der Waals surface area (Å²) in [5.74, 6) is 3.60. The summed E-state index contributed by atoms with van der Waals surface area (Å²) in [6.07, 6.45) is 4.10. The van der Waals surface area contributed by atoms with Crippen LogP contribution in [0.15, 0.2) is 30.5 Å². The van der Waals surface area contributed by atoms with Crippen LogP contribution in [0.1, 0.15) is 32.3 Å². The van der Waals surface area contributed by atoms with Gasteiger partial charge in [0.05, 0.1) is 0 Å². The molecule has 0 aliphatic carbocycles. The van der Waals surface area contributed by atoms with E-state index in [-0.39, 0.29) is 0 Å². The number of aromatic nitrogens is 2. The highest BCUT2D eigenvalue weighted by Crippen LogP contribution is 2.33. The van der Waals surface area contributed by atoms with Crippen LogP contribution < -0.4 is 19.3 Å². The Kier molecular flexibility index (Phi) is 6.34. The number of hydrogen-bond acceptors (Lipinski definition) is 7. The molecule has 1 aromatic heterocycles. The van der Waals surface area contributed by atoms with E-state index in [1.807, 2.05) is 18.3 Å². The summed E-state index contributed by atoms with van der Waals surface area (Å²) in [6, 6.07) is 8.27. The van der Waals surface area contributed by atoms with Crippen molar-refractivity contribution >= 4 is 11.8 Å². The minimum Gasteiger partial charge on any atom is -0.454 e. The van der Waals surface area contributed by atoms with Gasteiger partial charge in [-0.2, -0.15) is 4.98 Å². The molecule has 29 heavy (non-hydrogen) atoms. The smallest absolute Gasteiger partial charge is 0.231 e. The summed E-state index contributed by atoms with van der Waals surface area (Å²) in [4.78, 5) is 16.5. The summed E-state index contributed by atoms with van der Waals surface area (Å²) in [5.41, 5.74) is 1.27. The van der Waals surface area contributed by atoms with Gasteiger partial charge in [0, 0.05) is 52.0 Å². The number of ether oxygens (including phenoxy) is 2. The van der Waals surface area contributed by atoms with Crippen molar-refractivity contribution in [3.05, 3.63) is 36.0 Å². The number of fused-ring (bicyclic) bond motifs is 1. The van der Waals surface area contributed by atoms with E-state index in [4.69, 9.17) is 14.5 Å². The van der Waals surface area contributed by atoms with Crippen LogP contribution >= 0.6 is 0 Å². The van der Waals surface area contributed by atoms with Gasteiger partial charge in [0.1, 0.15) is 5.82 Å². The average molecular weight is 398 g/mol. The molecule has 0 N–H and O–H groups in total. The lowest BCUT2D eigenvalue weighted by Gasteiger charge is -2.35. The van der Waals surface area contributed by atoms with E-state index in [0.717, 1.165) is 81.9 Å². The molecule has 0 unspecified atom stereocenters. The Bertz CT molecular complexity index is 802. The fourth-order valence-electron chi connectivity index (χ4n) is 3.95. The van der Waals surface area contributed by atoms with Crippen molar-refractivity contribution in [2.75, 3.05) is 55.9 Å². The zero-order chi connectivity index (χ0) is 20.1. The topological polar surface area (TPSA) is 54.0 Å². The second-order valence-corrected chi connectivity index (χ2v) is 7.65. The molecule has 0 saturated carbocycles. The number of benzene rings is 1. The number of rotatable bonds is 8. The SMILES string of the molecule is CCCN(CCC)c1nccc(N2CCN(Cc3ccc4c(c3)OCO4)CC2)n1. The van der Waals surface area contributed by atoms with Gasteiger partial charge in [-0.05, 0) is 36.6 Å². The third-order valence-electron chi connectivity index (χ3n) is 5.44. The molecule has 4 rings (SSSR count). The van der Waals surface area contributed by atoms with Crippen molar-refractivity contribution in [2.24, 2.45) is 0 Å². The van der Waals surface area contributed by atoms with Gasteiger partial charge in [-0.3, -0.25) is 4.90 Å². The summed E-state index contributed by atoms with van der Waals surface area (Å²) in [5, 5.41) is 0. The van der Waals surface area contributed by atoms with Crippen LogP contribution in [0.4, 0.5) is 11.8 Å². The molecule has 1 saturated heterocycles. The second-order valence-electron chi connectivity index (χ2n) is 7.65. The molecule has 2 aliphatic heterocycles. The van der Waals surface area contributed by atoms with Crippen LogP contribution in [-0.4, -0.2) is 60.9 Å². The molecular weight excluding hydrogens is 366 g/mol. The van der Waals surface area contributed by atoms with Crippen LogP contribution in [0, 0.1) is 0 Å². The first-order valence-electron chi connectivity index (χ1n) is 10.7. The molecule has 0 spiro atoms. The van der Waals surface area contributed by atoms with Crippen molar-refractivity contribution < 1.29 is 9.47 Å². The van der Waals surface area contributed by atoms with Gasteiger partial charge in [-0.15, -0.1) is 0 Å². The van der Waals surface area contributed by atoms with Crippen LogP contribution in [0.25, 0.3) is 0 Å². The molecule has 1 fully saturated rings. The molecule has 0 radical (unpaired) electrons. The van der Waals surface area contributed by atoms with Crippen molar-refractivity contribution in [2.45, 2.75) is 33.2 Å². The van der Waals surface area contributed by atoms with Crippen molar-refractivity contribution in [1.82, 2.24) is 14.9 Å². The highest BCUT2D eigenvalue weighted by atomic mass is 16.7. The highest BCUT2D eigenvalue weighted by molar-refractivity contribution is 5.45. The first kappa shape index (κ1) is 19.8. The van der Waals surface area contributed by atoms with E-state index in [2.05, 4.69) is 45.7 Å². The summed E-state index contributed by atoms with van der Waals surface area (Å²) in [6.45, 7) is 11.6. The monoisotopic (exact) mass is 397 g/mol. The number of anilines is 2. The first-order valence-corrected chi connectivity index (χ1v) is 10.7. The van der Waals surface area contributed by atoms with Crippen LogP contribution in [0.3, 0.4) is 0 Å². The van der Waals surface area contributed by atoms with Crippen molar-refractivity contribution in [3.63, 3.8) is 0 Å². The van der Waals surface area contributed by atoms with E-state index in [1.165, 1.54) is 5.56 Å². The molecule has 3 heterocycles. The Morgan fingerprint density at radius 2 is 1.72 bits per heavy atom. The average Bonchev–Trinajstić information content (AvgIpc) is 3.22. The van der Waals surface area contributed by atoms with Gasteiger partial charge in [-0.25, -0.2) is 4.98 Å². The largest absolute Gasteiger partial charge is 0.454 e. The van der Waals surface area contributed by atoms with Gasteiger partial charge in [0.2, 0.25) is 12.7 Å². The minimum atomic E-state index is 0.326. The Hall–Kier alpha value is -2.54.